The van der Waals surface area contributed by atoms with Crippen LogP contribution in [0.1, 0.15) is 71.6 Å². The molecule has 8 heteroatoms. The number of hydrogen-bond donors (Lipinski definition) is 1. The van der Waals surface area contributed by atoms with E-state index >= 15 is 0 Å². The van der Waals surface area contributed by atoms with Gasteiger partial charge in [-0.3, -0.25) is 9.59 Å². The van der Waals surface area contributed by atoms with Gasteiger partial charge in [0.15, 0.2) is 6.29 Å². The molecule has 0 radical (unpaired) electrons. The number of ether oxygens (including phenoxy) is 5. The average molecular weight is 421 g/mol. The van der Waals surface area contributed by atoms with E-state index in [1.54, 1.807) is 0 Å². The van der Waals surface area contributed by atoms with Crippen molar-refractivity contribution in [3.05, 3.63) is 0 Å². The summed E-state index contributed by atoms with van der Waals surface area (Å²) in [6, 6.07) is 0. The minimum atomic E-state index is -0.763. The first kappa shape index (κ1) is 27.8. The number of carboxylic acids is 1. The number of unbranched alkanes of at least 4 members (excludes halogenated alkanes) is 4. The van der Waals surface area contributed by atoms with Crippen molar-refractivity contribution in [1.29, 1.82) is 0 Å². The number of carbonyl (C=O) groups excluding carboxylic acids is 1. The Morgan fingerprint density at radius 1 is 0.724 bits per heavy atom. The predicted molar refractivity (Wildman–Crippen MR) is 109 cm³/mol. The molecule has 0 aliphatic heterocycles. The molecule has 8 nitrogen and oxygen atoms in total. The summed E-state index contributed by atoms with van der Waals surface area (Å²) in [5.41, 5.74) is 0. The first-order valence-electron chi connectivity index (χ1n) is 10.9. The van der Waals surface area contributed by atoms with Crippen LogP contribution in [-0.4, -0.2) is 69.6 Å². The minimum Gasteiger partial charge on any atom is -0.481 e. The lowest BCUT2D eigenvalue weighted by atomic mass is 10.1. The number of esters is 1. The molecular formula is C21H40O8. The van der Waals surface area contributed by atoms with Crippen LogP contribution in [0.5, 0.6) is 0 Å². The third-order valence-electron chi connectivity index (χ3n) is 3.91. The van der Waals surface area contributed by atoms with Crippen molar-refractivity contribution in [3.8, 4) is 0 Å². The fourth-order valence-electron chi connectivity index (χ4n) is 2.42. The van der Waals surface area contributed by atoms with Crippen LogP contribution in [0.2, 0.25) is 0 Å². The van der Waals surface area contributed by atoms with Crippen LogP contribution < -0.4 is 0 Å². The molecule has 0 aliphatic carbocycles. The molecule has 0 bridgehead atoms. The third-order valence-corrected chi connectivity index (χ3v) is 3.91. The lowest BCUT2D eigenvalue weighted by Gasteiger charge is -2.19. The van der Waals surface area contributed by atoms with Gasteiger partial charge in [0.05, 0.1) is 26.4 Å². The Morgan fingerprint density at radius 2 is 1.24 bits per heavy atom. The summed E-state index contributed by atoms with van der Waals surface area (Å²) in [4.78, 5) is 22.3. The topological polar surface area (TPSA) is 101 Å². The van der Waals surface area contributed by atoms with Crippen molar-refractivity contribution in [2.45, 2.75) is 77.9 Å². The highest BCUT2D eigenvalue weighted by molar-refractivity contribution is 5.69. The second-order valence-corrected chi connectivity index (χ2v) is 6.74. The Balaban J connectivity index is 3.91. The second kappa shape index (κ2) is 21.5. The zero-order chi connectivity index (χ0) is 21.6. The predicted octanol–water partition coefficient (Wildman–Crippen LogP) is 3.56. The van der Waals surface area contributed by atoms with Gasteiger partial charge in [-0.15, -0.1) is 0 Å². The standard InChI is InChI=1S/C21H40O8/c1-3-12-25-14-16-27-21(28-17-15-26-13-4-2)18-29-20(24)11-9-7-5-6-8-10-19(22)23/h21H,3-18H2,1-2H3,(H,22,23). The molecule has 0 aromatic carbocycles. The van der Waals surface area contributed by atoms with Crippen LogP contribution in [0.4, 0.5) is 0 Å². The average Bonchev–Trinajstić information content (AvgIpc) is 2.70. The van der Waals surface area contributed by atoms with E-state index in [0.29, 0.717) is 52.5 Å². The van der Waals surface area contributed by atoms with Gasteiger partial charge in [-0.05, 0) is 25.7 Å². The van der Waals surface area contributed by atoms with Crippen molar-refractivity contribution < 1.29 is 38.4 Å². The van der Waals surface area contributed by atoms with E-state index in [9.17, 15) is 9.59 Å². The largest absolute Gasteiger partial charge is 0.481 e. The Labute approximate surface area is 175 Å². The Kier molecular flexibility index (Phi) is 20.6. The maximum absolute atomic E-state index is 11.9. The first-order chi connectivity index (χ1) is 14.1. The van der Waals surface area contributed by atoms with E-state index in [2.05, 4.69) is 0 Å². The Bertz CT molecular complexity index is 375. The molecule has 172 valence electrons. The quantitative estimate of drug-likeness (QED) is 0.161. The summed E-state index contributed by atoms with van der Waals surface area (Å²) in [5.74, 6) is -1.04. The van der Waals surface area contributed by atoms with Crippen LogP contribution in [0.3, 0.4) is 0 Å². The molecule has 0 saturated carbocycles. The van der Waals surface area contributed by atoms with Crippen LogP contribution >= 0.6 is 0 Å². The van der Waals surface area contributed by atoms with Crippen molar-refractivity contribution in [3.63, 3.8) is 0 Å². The molecule has 0 amide bonds. The highest BCUT2D eigenvalue weighted by atomic mass is 16.7. The maximum atomic E-state index is 11.9. The summed E-state index contributed by atoms with van der Waals surface area (Å²) < 4.78 is 27.2. The van der Waals surface area contributed by atoms with Crippen molar-refractivity contribution in [1.82, 2.24) is 0 Å². The van der Waals surface area contributed by atoms with E-state index in [0.717, 1.165) is 38.5 Å². The fourth-order valence-corrected chi connectivity index (χ4v) is 2.42. The number of aliphatic carboxylic acids is 1. The van der Waals surface area contributed by atoms with E-state index in [-0.39, 0.29) is 19.0 Å². The van der Waals surface area contributed by atoms with E-state index in [1.807, 2.05) is 13.8 Å². The number of carbonyl (C=O) groups is 2. The van der Waals surface area contributed by atoms with Gasteiger partial charge in [0, 0.05) is 26.1 Å². The van der Waals surface area contributed by atoms with Gasteiger partial charge >= 0.3 is 11.9 Å². The molecule has 0 unspecified atom stereocenters. The van der Waals surface area contributed by atoms with Crippen molar-refractivity contribution in [2.75, 3.05) is 46.2 Å². The summed E-state index contributed by atoms with van der Waals surface area (Å²) in [7, 11) is 0. The van der Waals surface area contributed by atoms with Crippen LogP contribution in [0.15, 0.2) is 0 Å². The third kappa shape index (κ3) is 21.3. The number of hydrogen-bond acceptors (Lipinski definition) is 7. The zero-order valence-corrected chi connectivity index (χ0v) is 18.2. The van der Waals surface area contributed by atoms with Gasteiger partial charge < -0.3 is 28.8 Å². The second-order valence-electron chi connectivity index (χ2n) is 6.74. The van der Waals surface area contributed by atoms with E-state index in [1.165, 1.54) is 0 Å². The maximum Gasteiger partial charge on any atom is 0.305 e. The summed E-state index contributed by atoms with van der Waals surface area (Å²) >= 11 is 0. The van der Waals surface area contributed by atoms with Gasteiger partial charge in [0.1, 0.15) is 6.61 Å². The van der Waals surface area contributed by atoms with Gasteiger partial charge in [0.25, 0.3) is 0 Å². The zero-order valence-electron chi connectivity index (χ0n) is 18.2. The minimum absolute atomic E-state index is 0.0407. The van der Waals surface area contributed by atoms with Crippen molar-refractivity contribution in [2.24, 2.45) is 0 Å². The monoisotopic (exact) mass is 420 g/mol. The van der Waals surface area contributed by atoms with E-state index in [4.69, 9.17) is 28.8 Å². The molecule has 0 saturated heterocycles. The van der Waals surface area contributed by atoms with Gasteiger partial charge in [0.2, 0.25) is 0 Å². The van der Waals surface area contributed by atoms with Crippen LogP contribution in [-0.2, 0) is 33.3 Å². The molecule has 0 rings (SSSR count). The molecule has 29 heavy (non-hydrogen) atoms. The number of rotatable bonds is 22. The lowest BCUT2D eigenvalue weighted by molar-refractivity contribution is -0.190. The molecule has 1 N–H and O–H groups in total. The smallest absolute Gasteiger partial charge is 0.305 e. The molecule has 0 aromatic heterocycles. The molecular weight excluding hydrogens is 380 g/mol. The van der Waals surface area contributed by atoms with Gasteiger partial charge in [-0.1, -0.05) is 33.1 Å². The highest BCUT2D eigenvalue weighted by Crippen LogP contribution is 2.08. The SMILES string of the molecule is CCCOCCOC(COC(=O)CCCCCCCC(=O)O)OCCOCCC. The summed E-state index contributed by atoms with van der Waals surface area (Å²) in [6.07, 6.45) is 5.89. The Morgan fingerprint density at radius 3 is 1.76 bits per heavy atom. The Hall–Kier alpha value is -1.22. The van der Waals surface area contributed by atoms with Crippen LogP contribution in [0, 0.1) is 0 Å². The molecule has 0 fully saturated rings. The van der Waals surface area contributed by atoms with E-state index < -0.39 is 12.3 Å². The molecule has 0 atom stereocenters. The van der Waals surface area contributed by atoms with Gasteiger partial charge in [-0.25, -0.2) is 0 Å². The highest BCUT2D eigenvalue weighted by Gasteiger charge is 2.13. The molecule has 0 aromatic rings. The number of carboxylic acid groups (broad SMARTS) is 1. The lowest BCUT2D eigenvalue weighted by Crippen LogP contribution is -2.28. The molecule has 0 spiro atoms. The first-order valence-corrected chi connectivity index (χ1v) is 10.9. The molecule has 0 aliphatic rings. The van der Waals surface area contributed by atoms with Gasteiger partial charge in [-0.2, -0.15) is 0 Å². The summed E-state index contributed by atoms with van der Waals surface area (Å²) in [5, 5.41) is 8.58. The fraction of sp³-hybridized carbons (Fsp3) is 0.905. The van der Waals surface area contributed by atoms with Crippen LogP contribution in [0.25, 0.3) is 0 Å². The normalized spacial score (nSPS) is 11.1. The van der Waals surface area contributed by atoms with Crippen molar-refractivity contribution >= 4 is 11.9 Å². The summed E-state index contributed by atoms with van der Waals surface area (Å²) in [6.45, 7) is 7.17. The molecule has 0 heterocycles.